The molecule has 0 saturated carbocycles. The van der Waals surface area contributed by atoms with Crippen molar-refractivity contribution in [2.24, 2.45) is 0 Å². The summed E-state index contributed by atoms with van der Waals surface area (Å²) in [6.07, 6.45) is 1.61. The van der Waals surface area contributed by atoms with E-state index in [0.717, 1.165) is 15.5 Å². The molecule has 6 nitrogen and oxygen atoms in total. The third-order valence-electron chi connectivity index (χ3n) is 3.80. The number of aromatic nitrogens is 1. The summed E-state index contributed by atoms with van der Waals surface area (Å²) in [5, 5.41) is 8.43. The molecule has 0 bridgehead atoms. The summed E-state index contributed by atoms with van der Waals surface area (Å²) in [4.78, 5) is 29.8. The molecule has 1 aromatic heterocycles. The second-order valence-corrected chi connectivity index (χ2v) is 7.41. The zero-order valence-electron chi connectivity index (χ0n) is 15.5. The van der Waals surface area contributed by atoms with Crippen LogP contribution < -0.4 is 16.0 Å². The standard InChI is InChI=1S/C21H18N4O2S2/c1-22-20(27)18-13-17(11-12-23-18)29-16-9-7-15(8-10-16)24-21(28)25-19(26)14-5-3-2-4-6-14/h2-13H,1H3,(H,22,27)(H2,24,25,26,28). The van der Waals surface area contributed by atoms with Crippen molar-refractivity contribution in [2.45, 2.75) is 9.79 Å². The number of hydrogen-bond donors (Lipinski definition) is 3. The van der Waals surface area contributed by atoms with Crippen molar-refractivity contribution < 1.29 is 9.59 Å². The number of amides is 2. The van der Waals surface area contributed by atoms with E-state index in [1.807, 2.05) is 36.4 Å². The molecule has 3 rings (SSSR count). The monoisotopic (exact) mass is 422 g/mol. The predicted molar refractivity (Wildman–Crippen MR) is 118 cm³/mol. The maximum Gasteiger partial charge on any atom is 0.269 e. The van der Waals surface area contributed by atoms with E-state index in [-0.39, 0.29) is 16.9 Å². The van der Waals surface area contributed by atoms with E-state index in [1.54, 1.807) is 43.6 Å². The Bertz CT molecular complexity index is 1020. The maximum atomic E-state index is 12.1. The van der Waals surface area contributed by atoms with Crippen LogP contribution >= 0.6 is 24.0 Å². The summed E-state index contributed by atoms with van der Waals surface area (Å²) in [5.74, 6) is -0.488. The molecule has 0 atom stereocenters. The molecule has 146 valence electrons. The Hall–Kier alpha value is -3.23. The fourth-order valence-electron chi connectivity index (χ4n) is 2.40. The van der Waals surface area contributed by atoms with Crippen LogP contribution in [-0.2, 0) is 0 Å². The summed E-state index contributed by atoms with van der Waals surface area (Å²) in [6, 6.07) is 20.0. The van der Waals surface area contributed by atoms with Crippen molar-refractivity contribution in [3.63, 3.8) is 0 Å². The van der Waals surface area contributed by atoms with Crippen LogP contribution in [-0.4, -0.2) is 29.0 Å². The highest BCUT2D eigenvalue weighted by Gasteiger charge is 2.08. The normalized spacial score (nSPS) is 10.1. The lowest BCUT2D eigenvalue weighted by Gasteiger charge is -2.10. The van der Waals surface area contributed by atoms with Gasteiger partial charge in [0.1, 0.15) is 5.69 Å². The van der Waals surface area contributed by atoms with Gasteiger partial charge in [0.15, 0.2) is 5.11 Å². The van der Waals surface area contributed by atoms with Crippen molar-refractivity contribution in [3.05, 3.63) is 84.2 Å². The van der Waals surface area contributed by atoms with Crippen LogP contribution in [0.1, 0.15) is 20.8 Å². The first kappa shape index (κ1) is 20.5. The van der Waals surface area contributed by atoms with Gasteiger partial charge in [0.2, 0.25) is 0 Å². The van der Waals surface area contributed by atoms with Crippen molar-refractivity contribution in [1.82, 2.24) is 15.6 Å². The molecule has 0 aliphatic heterocycles. The average Bonchev–Trinajstić information content (AvgIpc) is 2.75. The molecule has 0 saturated heterocycles. The Morgan fingerprint density at radius 1 is 0.931 bits per heavy atom. The first-order valence-corrected chi connectivity index (χ1v) is 9.91. The molecule has 8 heteroatoms. The summed E-state index contributed by atoms with van der Waals surface area (Å²) in [5.41, 5.74) is 1.67. The van der Waals surface area contributed by atoms with Gasteiger partial charge in [-0.15, -0.1) is 0 Å². The molecule has 3 aromatic rings. The number of anilines is 1. The van der Waals surface area contributed by atoms with E-state index in [1.165, 1.54) is 11.8 Å². The van der Waals surface area contributed by atoms with Gasteiger partial charge in [0.05, 0.1) is 0 Å². The van der Waals surface area contributed by atoms with Crippen molar-refractivity contribution in [1.29, 1.82) is 0 Å². The second-order valence-electron chi connectivity index (χ2n) is 5.86. The van der Waals surface area contributed by atoms with Gasteiger partial charge >= 0.3 is 0 Å². The number of nitrogens with one attached hydrogen (secondary N) is 3. The van der Waals surface area contributed by atoms with Crippen LogP contribution in [0.3, 0.4) is 0 Å². The molecule has 0 fully saturated rings. The number of benzene rings is 2. The molecule has 3 N–H and O–H groups in total. The first-order chi connectivity index (χ1) is 14.0. The number of nitrogens with zero attached hydrogens (tertiary/aromatic N) is 1. The lowest BCUT2D eigenvalue weighted by atomic mass is 10.2. The smallest absolute Gasteiger partial charge is 0.269 e. The largest absolute Gasteiger partial charge is 0.354 e. The second kappa shape index (κ2) is 9.81. The molecule has 2 aromatic carbocycles. The quantitative estimate of drug-likeness (QED) is 0.544. The van der Waals surface area contributed by atoms with Gasteiger partial charge < -0.3 is 10.6 Å². The van der Waals surface area contributed by atoms with Gasteiger partial charge in [0.25, 0.3) is 11.8 Å². The van der Waals surface area contributed by atoms with E-state index in [9.17, 15) is 9.59 Å². The van der Waals surface area contributed by atoms with E-state index >= 15 is 0 Å². The molecule has 0 radical (unpaired) electrons. The fourth-order valence-corrected chi connectivity index (χ4v) is 3.45. The Kier molecular flexibility index (Phi) is 6.94. The maximum absolute atomic E-state index is 12.1. The number of pyridine rings is 1. The average molecular weight is 423 g/mol. The Morgan fingerprint density at radius 2 is 1.66 bits per heavy atom. The lowest BCUT2D eigenvalue weighted by molar-refractivity contribution is 0.0955. The summed E-state index contributed by atoms with van der Waals surface area (Å²) >= 11 is 6.72. The SMILES string of the molecule is CNC(=O)c1cc(Sc2ccc(NC(=S)NC(=O)c3ccccc3)cc2)ccn1. The van der Waals surface area contributed by atoms with E-state index in [4.69, 9.17) is 12.2 Å². The summed E-state index contributed by atoms with van der Waals surface area (Å²) < 4.78 is 0. The summed E-state index contributed by atoms with van der Waals surface area (Å²) in [6.45, 7) is 0. The number of thiocarbonyl (C=S) groups is 1. The molecule has 1 heterocycles. The molecule has 2 amide bonds. The topological polar surface area (TPSA) is 83.1 Å². The predicted octanol–water partition coefficient (Wildman–Crippen LogP) is 3.72. The minimum Gasteiger partial charge on any atom is -0.354 e. The molecular weight excluding hydrogens is 404 g/mol. The Balaban J connectivity index is 1.58. The van der Waals surface area contributed by atoms with E-state index in [0.29, 0.717) is 11.3 Å². The molecule has 29 heavy (non-hydrogen) atoms. The van der Waals surface area contributed by atoms with Gasteiger partial charge in [-0.1, -0.05) is 30.0 Å². The van der Waals surface area contributed by atoms with Crippen LogP contribution in [0.2, 0.25) is 0 Å². The highest BCUT2D eigenvalue weighted by atomic mass is 32.2. The van der Waals surface area contributed by atoms with Crippen LogP contribution in [0.4, 0.5) is 5.69 Å². The third kappa shape index (κ3) is 5.87. The van der Waals surface area contributed by atoms with Gasteiger partial charge in [-0.05, 0) is 60.7 Å². The van der Waals surface area contributed by atoms with Crippen molar-refractivity contribution in [2.75, 3.05) is 12.4 Å². The van der Waals surface area contributed by atoms with Crippen LogP contribution in [0, 0.1) is 0 Å². The van der Waals surface area contributed by atoms with Gasteiger partial charge in [0, 0.05) is 34.3 Å². The minimum atomic E-state index is -0.264. The van der Waals surface area contributed by atoms with Crippen LogP contribution in [0.25, 0.3) is 0 Å². The molecule has 0 aliphatic rings. The van der Waals surface area contributed by atoms with Gasteiger partial charge in [-0.2, -0.15) is 0 Å². The third-order valence-corrected chi connectivity index (χ3v) is 5.00. The van der Waals surface area contributed by atoms with Crippen LogP contribution in [0.5, 0.6) is 0 Å². The van der Waals surface area contributed by atoms with Crippen molar-refractivity contribution in [3.8, 4) is 0 Å². The molecular formula is C21H18N4O2S2. The van der Waals surface area contributed by atoms with E-state index < -0.39 is 0 Å². The van der Waals surface area contributed by atoms with Gasteiger partial charge in [-0.25, -0.2) is 0 Å². The highest BCUT2D eigenvalue weighted by molar-refractivity contribution is 7.99. The Labute approximate surface area is 178 Å². The minimum absolute atomic E-state index is 0.224. The number of carbonyl (C=O) groups is 2. The number of carbonyl (C=O) groups excluding carboxylic acids is 2. The summed E-state index contributed by atoms with van der Waals surface area (Å²) in [7, 11) is 1.57. The molecule has 0 unspecified atom stereocenters. The van der Waals surface area contributed by atoms with Gasteiger partial charge in [-0.3, -0.25) is 19.9 Å². The fraction of sp³-hybridized carbons (Fsp3) is 0.0476. The highest BCUT2D eigenvalue weighted by Crippen LogP contribution is 2.28. The lowest BCUT2D eigenvalue weighted by Crippen LogP contribution is -2.34. The molecule has 0 spiro atoms. The number of hydrogen-bond acceptors (Lipinski definition) is 5. The molecule has 0 aliphatic carbocycles. The first-order valence-electron chi connectivity index (χ1n) is 8.68. The van der Waals surface area contributed by atoms with Crippen LogP contribution in [0.15, 0.2) is 82.7 Å². The zero-order valence-corrected chi connectivity index (χ0v) is 17.1. The van der Waals surface area contributed by atoms with E-state index in [2.05, 4.69) is 20.9 Å². The Morgan fingerprint density at radius 3 is 2.34 bits per heavy atom. The zero-order chi connectivity index (χ0) is 20.6. The van der Waals surface area contributed by atoms with Crippen molar-refractivity contribution >= 4 is 46.6 Å². The number of rotatable bonds is 5.